The fourth-order valence-corrected chi connectivity index (χ4v) is 6.16. The van der Waals surface area contributed by atoms with Gasteiger partial charge in [-0.25, -0.2) is 13.8 Å². The molecule has 1 saturated carbocycles. The fourth-order valence-electron chi connectivity index (χ4n) is 4.64. The number of carbonyl (C=O) groups is 1. The third kappa shape index (κ3) is 7.41. The summed E-state index contributed by atoms with van der Waals surface area (Å²) < 4.78 is 51.2. The van der Waals surface area contributed by atoms with Crippen LogP contribution < -0.4 is 20.9 Å². The van der Waals surface area contributed by atoms with Crippen LogP contribution in [0.15, 0.2) is 46.1 Å². The van der Waals surface area contributed by atoms with Crippen molar-refractivity contribution < 1.29 is 32.3 Å². The van der Waals surface area contributed by atoms with Crippen molar-refractivity contribution in [2.24, 2.45) is 5.92 Å². The van der Waals surface area contributed by atoms with Crippen molar-refractivity contribution in [1.82, 2.24) is 14.6 Å². The molecular weight excluding hydrogens is 520 g/mol. The summed E-state index contributed by atoms with van der Waals surface area (Å²) in [5.74, 6) is -1.12. The zero-order chi connectivity index (χ0) is 27.3. The molecule has 208 valence electrons. The second kappa shape index (κ2) is 12.4. The van der Waals surface area contributed by atoms with Gasteiger partial charge < -0.3 is 14.0 Å². The molecule has 2 N–H and O–H groups in total. The zero-order valence-electron chi connectivity index (χ0n) is 21.3. The van der Waals surface area contributed by atoms with Gasteiger partial charge in [0.25, 0.3) is 5.56 Å². The number of nitrogens with zero attached hydrogens (tertiary/aromatic N) is 1. The Morgan fingerprint density at radius 1 is 1.21 bits per heavy atom. The molecule has 2 aromatic rings. The van der Waals surface area contributed by atoms with E-state index in [9.17, 15) is 23.3 Å². The number of esters is 1. The molecule has 5 unspecified atom stereocenters. The number of ether oxygens (including phenoxy) is 2. The van der Waals surface area contributed by atoms with Crippen LogP contribution in [-0.2, 0) is 23.4 Å². The van der Waals surface area contributed by atoms with Crippen molar-refractivity contribution in [3.63, 3.8) is 0 Å². The molecule has 1 aliphatic heterocycles. The first-order valence-corrected chi connectivity index (χ1v) is 14.3. The van der Waals surface area contributed by atoms with E-state index in [0.717, 1.165) is 44.2 Å². The molecule has 38 heavy (non-hydrogen) atoms. The van der Waals surface area contributed by atoms with Crippen molar-refractivity contribution in [2.45, 2.75) is 76.9 Å². The van der Waals surface area contributed by atoms with E-state index >= 15 is 0 Å². The lowest BCUT2D eigenvalue weighted by molar-refractivity contribution is -0.152. The van der Waals surface area contributed by atoms with Crippen LogP contribution in [0.3, 0.4) is 0 Å². The highest BCUT2D eigenvalue weighted by Gasteiger charge is 2.38. The Balaban J connectivity index is 1.43. The average Bonchev–Trinajstić information content (AvgIpc) is 3.25. The van der Waals surface area contributed by atoms with Gasteiger partial charge in [0.05, 0.1) is 12.7 Å². The predicted octanol–water partition coefficient (Wildman–Crippen LogP) is 3.66. The molecule has 1 aromatic heterocycles. The van der Waals surface area contributed by atoms with E-state index in [2.05, 4.69) is 10.1 Å². The van der Waals surface area contributed by atoms with Crippen molar-refractivity contribution in [2.75, 3.05) is 6.61 Å². The Morgan fingerprint density at radius 3 is 2.61 bits per heavy atom. The predicted molar refractivity (Wildman–Crippen MR) is 135 cm³/mol. The summed E-state index contributed by atoms with van der Waals surface area (Å²) >= 11 is 0. The van der Waals surface area contributed by atoms with E-state index in [1.807, 2.05) is 6.92 Å². The summed E-state index contributed by atoms with van der Waals surface area (Å²) in [6, 6.07) is 5.10. The molecule has 11 nitrogen and oxygen atoms in total. The van der Waals surface area contributed by atoms with E-state index in [1.54, 1.807) is 0 Å². The molecule has 2 aliphatic rings. The maximum atomic E-state index is 13.7. The van der Waals surface area contributed by atoms with Crippen LogP contribution in [-0.4, -0.2) is 40.4 Å². The standard InChI is InChI=1S/C25H33FN3O8P/c1-16-14-21(35-23(16)29-13-12-22(30)27-25(29)32)15-34-38(33,37-20-10-8-18(26)9-11-20)28-17(2)24(31)36-19-6-4-3-5-7-19/h8-13,16-17,19,21,23H,3-7,14-15H2,1-2H3,(H,28,33)(H,27,30,32). The molecule has 2 heterocycles. The van der Waals surface area contributed by atoms with Gasteiger partial charge in [0.2, 0.25) is 0 Å². The van der Waals surface area contributed by atoms with Gasteiger partial charge >= 0.3 is 19.4 Å². The largest absolute Gasteiger partial charge is 0.461 e. The molecule has 2 fully saturated rings. The van der Waals surface area contributed by atoms with Crippen molar-refractivity contribution >= 4 is 13.7 Å². The monoisotopic (exact) mass is 553 g/mol. The normalized spacial score (nSPS) is 24.4. The van der Waals surface area contributed by atoms with Crippen LogP contribution in [0, 0.1) is 11.7 Å². The number of rotatable bonds is 10. The number of nitrogens with one attached hydrogen (secondary N) is 2. The highest BCUT2D eigenvalue weighted by atomic mass is 31.2. The lowest BCUT2D eigenvalue weighted by atomic mass is 9.98. The molecule has 13 heteroatoms. The van der Waals surface area contributed by atoms with Crippen molar-refractivity contribution in [3.05, 3.63) is 63.2 Å². The molecule has 5 atom stereocenters. The minimum atomic E-state index is -4.17. The fraction of sp³-hybridized carbons (Fsp3) is 0.560. The van der Waals surface area contributed by atoms with Crippen LogP contribution in [0.4, 0.5) is 4.39 Å². The van der Waals surface area contributed by atoms with Gasteiger partial charge in [0.1, 0.15) is 29.9 Å². The van der Waals surface area contributed by atoms with Crippen LogP contribution in [0.25, 0.3) is 0 Å². The van der Waals surface area contributed by atoms with E-state index in [1.165, 1.54) is 35.9 Å². The Morgan fingerprint density at radius 2 is 1.92 bits per heavy atom. The lowest BCUT2D eigenvalue weighted by Crippen LogP contribution is -2.38. The minimum Gasteiger partial charge on any atom is -0.461 e. The highest BCUT2D eigenvalue weighted by Crippen LogP contribution is 2.46. The first-order valence-electron chi connectivity index (χ1n) is 12.8. The van der Waals surface area contributed by atoms with Gasteiger partial charge in [0.15, 0.2) is 0 Å². The molecule has 1 aromatic carbocycles. The average molecular weight is 554 g/mol. The third-order valence-electron chi connectivity index (χ3n) is 6.59. The SMILES string of the molecule is CC(NP(=O)(OCC1CC(C)C(n2ccc(=O)[nH]c2=O)O1)Oc1ccc(F)cc1)C(=O)OC1CCCCC1. The smallest absolute Gasteiger partial charge is 0.459 e. The summed E-state index contributed by atoms with van der Waals surface area (Å²) in [7, 11) is -4.17. The number of halogens is 1. The first kappa shape index (κ1) is 28.2. The van der Waals surface area contributed by atoms with Crippen LogP contribution in [0.5, 0.6) is 5.75 Å². The van der Waals surface area contributed by atoms with Crippen LogP contribution in [0.1, 0.15) is 58.6 Å². The number of hydrogen-bond acceptors (Lipinski definition) is 8. The number of aromatic amines is 1. The topological polar surface area (TPSA) is 138 Å². The molecule has 1 aliphatic carbocycles. The van der Waals surface area contributed by atoms with E-state index in [0.29, 0.717) is 6.42 Å². The summed E-state index contributed by atoms with van der Waals surface area (Å²) in [5.41, 5.74) is -1.12. The number of aromatic nitrogens is 2. The van der Waals surface area contributed by atoms with Crippen LogP contribution in [0.2, 0.25) is 0 Å². The number of benzene rings is 1. The summed E-state index contributed by atoms with van der Waals surface area (Å²) in [5, 5.41) is 2.63. The molecule has 0 bridgehead atoms. The van der Waals surface area contributed by atoms with Crippen molar-refractivity contribution in [3.8, 4) is 5.75 Å². The summed E-state index contributed by atoms with van der Waals surface area (Å²) in [6.07, 6.45) is 5.07. The number of H-pyrrole nitrogens is 1. The van der Waals surface area contributed by atoms with Crippen molar-refractivity contribution in [1.29, 1.82) is 0 Å². The maximum absolute atomic E-state index is 13.7. The molecule has 0 amide bonds. The van der Waals surface area contributed by atoms with Gasteiger partial charge in [-0.1, -0.05) is 13.3 Å². The zero-order valence-corrected chi connectivity index (χ0v) is 22.2. The Hall–Kier alpha value is -2.79. The van der Waals surface area contributed by atoms with Gasteiger partial charge in [-0.2, -0.15) is 5.09 Å². The van der Waals surface area contributed by atoms with E-state index < -0.39 is 49.2 Å². The second-order valence-electron chi connectivity index (χ2n) is 9.77. The Kier molecular flexibility index (Phi) is 9.19. The summed E-state index contributed by atoms with van der Waals surface area (Å²) in [4.78, 5) is 38.5. The van der Waals surface area contributed by atoms with Crippen LogP contribution >= 0.6 is 7.75 Å². The summed E-state index contributed by atoms with van der Waals surface area (Å²) in [6.45, 7) is 3.19. The van der Waals surface area contributed by atoms with E-state index in [-0.39, 0.29) is 24.4 Å². The molecule has 0 radical (unpaired) electrons. The van der Waals surface area contributed by atoms with E-state index in [4.69, 9.17) is 18.5 Å². The minimum absolute atomic E-state index is 0.0773. The highest BCUT2D eigenvalue weighted by molar-refractivity contribution is 7.52. The molecule has 4 rings (SSSR count). The quantitative estimate of drug-likeness (QED) is 0.333. The van der Waals surface area contributed by atoms with Gasteiger partial charge in [-0.15, -0.1) is 0 Å². The Bertz CT molecular complexity index is 1260. The molecule has 0 spiro atoms. The molecule has 1 saturated heterocycles. The second-order valence-corrected chi connectivity index (χ2v) is 11.5. The third-order valence-corrected chi connectivity index (χ3v) is 8.23. The molecular formula is C25H33FN3O8P. The number of carbonyl (C=O) groups excluding carboxylic acids is 1. The van der Waals surface area contributed by atoms with Gasteiger partial charge in [0, 0.05) is 18.2 Å². The maximum Gasteiger partial charge on any atom is 0.459 e. The lowest BCUT2D eigenvalue weighted by Gasteiger charge is -2.26. The Labute approximate surface area is 219 Å². The number of hydrogen-bond donors (Lipinski definition) is 2. The van der Waals surface area contributed by atoms with Gasteiger partial charge in [-0.3, -0.25) is 23.7 Å². The first-order chi connectivity index (χ1) is 18.1. The van der Waals surface area contributed by atoms with Gasteiger partial charge in [-0.05, 0) is 63.3 Å².